The molecule has 0 aromatic heterocycles. The Morgan fingerprint density at radius 3 is 2.29 bits per heavy atom. The maximum absolute atomic E-state index is 14.0. The number of fused-ring (bicyclic) bond motifs is 3. The number of nitrogens with two attached hydrogens (primary N) is 1. The molecule has 4 aliphatic rings. The van der Waals surface area contributed by atoms with Crippen LogP contribution in [0, 0.1) is 17.8 Å². The van der Waals surface area contributed by atoms with Gasteiger partial charge in [-0.25, -0.2) is 8.78 Å². The summed E-state index contributed by atoms with van der Waals surface area (Å²) in [4.78, 5) is 42.6. The fourth-order valence-corrected chi connectivity index (χ4v) is 7.28. The lowest BCUT2D eigenvalue weighted by Crippen LogP contribution is -2.65. The zero-order valence-electron chi connectivity index (χ0n) is 23.4. The van der Waals surface area contributed by atoms with Crippen LogP contribution in [0.3, 0.4) is 0 Å². The second-order valence-corrected chi connectivity index (χ2v) is 12.3. The molecule has 4 atom stereocenters. The van der Waals surface area contributed by atoms with Crippen LogP contribution in [0.25, 0.3) is 5.76 Å². The fourth-order valence-electron chi connectivity index (χ4n) is 7.28. The Kier molecular flexibility index (Phi) is 6.73. The van der Waals surface area contributed by atoms with Crippen molar-refractivity contribution in [2.45, 2.75) is 56.1 Å². The number of alkyl halides is 2. The molecule has 0 saturated heterocycles. The molecule has 2 saturated carbocycles. The van der Waals surface area contributed by atoms with Crippen LogP contribution >= 0.6 is 0 Å². The third-order valence-corrected chi connectivity index (χ3v) is 9.25. The van der Waals surface area contributed by atoms with Gasteiger partial charge in [-0.3, -0.25) is 19.3 Å². The second kappa shape index (κ2) is 9.52. The van der Waals surface area contributed by atoms with Crippen molar-refractivity contribution in [2.24, 2.45) is 23.5 Å². The Hall–Kier alpha value is -3.51. The summed E-state index contributed by atoms with van der Waals surface area (Å²) < 4.78 is 26.7. The number of Topliss-reactive ketones (excluding diaryl/α,β-unsaturated/α-hetero) is 2. The van der Waals surface area contributed by atoms with Crippen molar-refractivity contribution < 1.29 is 43.6 Å². The Labute approximate surface area is 235 Å². The van der Waals surface area contributed by atoms with E-state index < -0.39 is 64.0 Å². The van der Waals surface area contributed by atoms with Gasteiger partial charge in [0, 0.05) is 44.1 Å². The molecule has 41 heavy (non-hydrogen) atoms. The molecule has 0 bridgehead atoms. The summed E-state index contributed by atoms with van der Waals surface area (Å²) in [5.74, 6) is -9.88. The van der Waals surface area contributed by atoms with Gasteiger partial charge in [-0.15, -0.1) is 0 Å². The Balaban J connectivity index is 1.64. The number of benzene rings is 1. The van der Waals surface area contributed by atoms with Gasteiger partial charge in [0.2, 0.25) is 11.7 Å². The molecule has 6 N–H and O–H groups in total. The third kappa shape index (κ3) is 4.21. The molecule has 1 aromatic carbocycles. The number of aliphatic hydroxyl groups is 3. The highest BCUT2D eigenvalue weighted by atomic mass is 19.3. The summed E-state index contributed by atoms with van der Waals surface area (Å²) in [6.45, 7) is 0. The molecule has 0 spiro atoms. The minimum absolute atomic E-state index is 0.00132. The minimum Gasteiger partial charge on any atom is -0.508 e. The number of anilines is 1. The molecule has 0 aliphatic heterocycles. The van der Waals surface area contributed by atoms with Crippen LogP contribution in [0.2, 0.25) is 0 Å². The van der Waals surface area contributed by atoms with Crippen LogP contribution in [0.4, 0.5) is 14.5 Å². The zero-order chi connectivity index (χ0) is 30.3. The first-order valence-corrected chi connectivity index (χ1v) is 13.6. The number of hydrogen-bond acceptors (Lipinski definition) is 9. The van der Waals surface area contributed by atoms with E-state index in [1.54, 1.807) is 39.2 Å². The predicted octanol–water partition coefficient (Wildman–Crippen LogP) is 2.01. The van der Waals surface area contributed by atoms with E-state index in [1.807, 2.05) is 0 Å². The van der Waals surface area contributed by atoms with E-state index >= 15 is 0 Å². The molecule has 5 rings (SSSR count). The third-order valence-electron chi connectivity index (χ3n) is 9.25. The molecule has 4 aliphatic carbocycles. The predicted molar refractivity (Wildman–Crippen MR) is 145 cm³/mol. The Morgan fingerprint density at radius 2 is 1.76 bits per heavy atom. The van der Waals surface area contributed by atoms with E-state index in [2.05, 4.69) is 0 Å². The number of nitrogens with zero attached hydrogens (tertiary/aromatic N) is 2. The number of aromatic hydroxyl groups is 1. The van der Waals surface area contributed by atoms with Crippen molar-refractivity contribution in [2.75, 3.05) is 33.1 Å². The highest BCUT2D eigenvalue weighted by Gasteiger charge is 2.64. The van der Waals surface area contributed by atoms with Gasteiger partial charge >= 0.3 is 0 Å². The van der Waals surface area contributed by atoms with Gasteiger partial charge in [0.1, 0.15) is 22.8 Å². The average Bonchev–Trinajstić information content (AvgIpc) is 2.83. The Bertz CT molecular complexity index is 1430. The largest absolute Gasteiger partial charge is 0.508 e. The SMILES string of the molecule is CN(C)c1cc(CCC2CC(F)(F)C2)c(O)c2c1C[C@H]1C[C@H]3[C@H](N(C)C)C(=O)C(C(N)=O)=C(O)[C@@]3(O)C(=O)C1=C2O. The molecule has 12 heteroatoms. The number of carbonyl (C=O) groups is 3. The van der Waals surface area contributed by atoms with Crippen molar-refractivity contribution in [3.05, 3.63) is 39.7 Å². The maximum atomic E-state index is 14.0. The van der Waals surface area contributed by atoms with Gasteiger partial charge in [-0.2, -0.15) is 0 Å². The van der Waals surface area contributed by atoms with E-state index in [0.29, 0.717) is 23.2 Å². The van der Waals surface area contributed by atoms with Gasteiger partial charge in [0.15, 0.2) is 11.4 Å². The van der Waals surface area contributed by atoms with Crippen molar-refractivity contribution >= 4 is 28.9 Å². The van der Waals surface area contributed by atoms with E-state index in [9.17, 15) is 43.6 Å². The van der Waals surface area contributed by atoms with Crippen molar-refractivity contribution in [1.82, 2.24) is 4.90 Å². The molecule has 10 nitrogen and oxygen atoms in total. The molecular weight excluding hydrogens is 540 g/mol. The van der Waals surface area contributed by atoms with Gasteiger partial charge < -0.3 is 31.1 Å². The first-order chi connectivity index (χ1) is 19.0. The van der Waals surface area contributed by atoms with Gasteiger partial charge in [0.05, 0.1) is 11.6 Å². The molecule has 0 radical (unpaired) electrons. The van der Waals surface area contributed by atoms with Crippen LogP contribution in [0.5, 0.6) is 5.75 Å². The summed E-state index contributed by atoms with van der Waals surface area (Å²) in [5, 5.41) is 45.6. The number of likely N-dealkylation sites (N-methyl/N-ethyl adjacent to an activating group) is 1. The summed E-state index contributed by atoms with van der Waals surface area (Å²) in [5.41, 5.74) is 3.19. The van der Waals surface area contributed by atoms with E-state index in [4.69, 9.17) is 5.73 Å². The first-order valence-electron chi connectivity index (χ1n) is 13.6. The number of primary amides is 1. The van der Waals surface area contributed by atoms with Crippen molar-refractivity contribution in [3.8, 4) is 5.75 Å². The van der Waals surface area contributed by atoms with Gasteiger partial charge in [0.25, 0.3) is 5.91 Å². The number of aliphatic hydroxyl groups excluding tert-OH is 2. The highest BCUT2D eigenvalue weighted by molar-refractivity contribution is 6.24. The van der Waals surface area contributed by atoms with Crippen molar-refractivity contribution in [1.29, 1.82) is 0 Å². The van der Waals surface area contributed by atoms with Crippen LogP contribution in [-0.4, -0.2) is 88.6 Å². The van der Waals surface area contributed by atoms with Crippen LogP contribution in [-0.2, 0) is 27.2 Å². The number of halogens is 2. The number of aryl methyl sites for hydroxylation is 1. The highest BCUT2D eigenvalue weighted by Crippen LogP contribution is 2.54. The minimum atomic E-state index is -2.71. The van der Waals surface area contributed by atoms with Crippen LogP contribution < -0.4 is 10.6 Å². The molecule has 0 heterocycles. The molecule has 1 amide bonds. The zero-order valence-corrected chi connectivity index (χ0v) is 23.4. The molecular formula is C29H35F2N3O7. The fraction of sp³-hybridized carbons (Fsp3) is 0.552. The number of carbonyl (C=O) groups excluding carboxylic acids is 3. The lowest BCUT2D eigenvalue weighted by Gasteiger charge is -2.50. The number of amides is 1. The Morgan fingerprint density at radius 1 is 1.12 bits per heavy atom. The maximum Gasteiger partial charge on any atom is 0.255 e. The van der Waals surface area contributed by atoms with Gasteiger partial charge in [-0.05, 0) is 68.8 Å². The lowest BCUT2D eigenvalue weighted by molar-refractivity contribution is -0.153. The number of phenols is 1. The molecule has 2 fully saturated rings. The van der Waals surface area contributed by atoms with Crippen molar-refractivity contribution in [3.63, 3.8) is 0 Å². The van der Waals surface area contributed by atoms with E-state index in [-0.39, 0.29) is 54.9 Å². The molecule has 0 unspecified atom stereocenters. The summed E-state index contributed by atoms with van der Waals surface area (Å²) in [7, 11) is 6.64. The normalized spacial score (nSPS) is 29.2. The monoisotopic (exact) mass is 575 g/mol. The van der Waals surface area contributed by atoms with Gasteiger partial charge in [-0.1, -0.05) is 0 Å². The summed E-state index contributed by atoms with van der Waals surface area (Å²) >= 11 is 0. The molecule has 1 aromatic rings. The van der Waals surface area contributed by atoms with E-state index in [0.717, 1.165) is 0 Å². The topological polar surface area (TPSA) is 165 Å². The lowest BCUT2D eigenvalue weighted by atomic mass is 9.57. The van der Waals surface area contributed by atoms with E-state index in [1.165, 1.54) is 4.90 Å². The summed E-state index contributed by atoms with van der Waals surface area (Å²) in [6.07, 6.45) is 0.409. The second-order valence-electron chi connectivity index (χ2n) is 12.3. The molecule has 222 valence electrons. The van der Waals surface area contributed by atoms with Crippen LogP contribution in [0.15, 0.2) is 23.0 Å². The number of phenolic OH excluding ortho intramolecular Hbond substituents is 1. The quantitative estimate of drug-likeness (QED) is 0.319. The number of rotatable bonds is 6. The average molecular weight is 576 g/mol. The number of ketones is 2. The first kappa shape index (κ1) is 29.0. The number of hydrogen-bond donors (Lipinski definition) is 5. The standard InChI is InChI=1S/C29H35F2N3O7/c1-33(2)17-9-13(6-5-12-10-28(30,31)11-12)22(35)19-15(17)7-14-8-16-21(34(3)4)24(37)20(27(32)40)26(39)29(16,41)25(38)18(14)23(19)36/h9,12,14,16,21,35-36,39,41H,5-8,10-11H2,1-4H3,(H2,32,40)/t14-,16-,21-,29-/m0/s1. The van der Waals surface area contributed by atoms with Crippen LogP contribution in [0.1, 0.15) is 42.4 Å². The smallest absolute Gasteiger partial charge is 0.255 e. The summed E-state index contributed by atoms with van der Waals surface area (Å²) in [6, 6.07) is 0.598.